The van der Waals surface area contributed by atoms with E-state index in [0.717, 1.165) is 0 Å². The van der Waals surface area contributed by atoms with Crippen LogP contribution in [0.4, 0.5) is 0 Å². The summed E-state index contributed by atoms with van der Waals surface area (Å²) in [6.45, 7) is 9.54. The van der Waals surface area contributed by atoms with Crippen LogP contribution in [0.2, 0.25) is 0 Å². The van der Waals surface area contributed by atoms with Crippen molar-refractivity contribution in [2.45, 2.75) is 38.5 Å². The van der Waals surface area contributed by atoms with E-state index >= 15 is 0 Å². The van der Waals surface area contributed by atoms with Crippen molar-refractivity contribution < 1.29 is 0 Å². The molecule has 12 aromatic carbocycles. The van der Waals surface area contributed by atoms with Gasteiger partial charge in [-0.1, -0.05) is 191 Å². The number of aromatic nitrogens is 2. The van der Waals surface area contributed by atoms with E-state index < -0.39 is 0 Å². The van der Waals surface area contributed by atoms with E-state index in [1.54, 1.807) is 0 Å². The highest BCUT2D eigenvalue weighted by Gasteiger charge is 2.37. The highest BCUT2D eigenvalue weighted by atomic mass is 32.1. The van der Waals surface area contributed by atoms with Crippen molar-refractivity contribution in [3.05, 3.63) is 241 Å². The zero-order valence-corrected chi connectivity index (χ0v) is 45.1. The first-order valence-corrected chi connectivity index (χ1v) is 29.0. The number of thiophene rings is 2. The summed E-state index contributed by atoms with van der Waals surface area (Å²) in [6, 6.07) is 83.4. The maximum absolute atomic E-state index is 2.59. The molecule has 0 atom stereocenters. The summed E-state index contributed by atoms with van der Waals surface area (Å²) < 4.78 is 10.5. The standard InChI is InChI=1S/C74H48N2S2/c1-73(2)58-24-11-7-16-46(58)48-31-29-42(39-60(48)73)75-62-26-13-9-21-55(62)68-69(75)53-20-6-5-19-52(53)67-57-38-41(28-37-65(57)78-72(67)68)44-22-15-23-51-45(44)35-36-63-66(51)56-34-33-54-50-18-10-14-27-64(50)77-71(54)70(56)76(63)43-30-32-49-47-17-8-12-25-59(47)74(3,4)61(49)40-43/h5-40H,1-4H3. The Hall–Kier alpha value is -8.80. The molecule has 0 saturated carbocycles. The van der Waals surface area contributed by atoms with Gasteiger partial charge in [0.15, 0.2) is 0 Å². The predicted molar refractivity (Wildman–Crippen MR) is 336 cm³/mol. The predicted octanol–water partition coefficient (Wildman–Crippen LogP) is 21.2. The third kappa shape index (κ3) is 5.42. The highest BCUT2D eigenvalue weighted by molar-refractivity contribution is 7.27. The smallest absolute Gasteiger partial charge is 0.0719 e. The average Bonchev–Trinajstić information content (AvgIpc) is 4.50. The largest absolute Gasteiger partial charge is 0.309 e. The molecule has 4 heteroatoms. The lowest BCUT2D eigenvalue weighted by molar-refractivity contribution is 0.660. The molecule has 2 aliphatic carbocycles. The fourth-order valence-corrected chi connectivity index (χ4v) is 17.4. The first-order valence-electron chi connectivity index (χ1n) is 27.3. The summed E-state index contributed by atoms with van der Waals surface area (Å²) in [7, 11) is 0. The normalized spacial score (nSPS) is 14.4. The van der Waals surface area contributed by atoms with E-state index in [4.69, 9.17) is 0 Å². The molecule has 4 aromatic heterocycles. The van der Waals surface area contributed by atoms with Gasteiger partial charge >= 0.3 is 0 Å². The van der Waals surface area contributed by atoms with E-state index in [2.05, 4.69) is 255 Å². The molecule has 0 bridgehead atoms. The number of rotatable bonds is 3. The van der Waals surface area contributed by atoms with Crippen molar-refractivity contribution in [2.75, 3.05) is 0 Å². The van der Waals surface area contributed by atoms with Crippen LogP contribution in [-0.4, -0.2) is 9.13 Å². The van der Waals surface area contributed by atoms with Crippen LogP contribution in [0, 0.1) is 0 Å². The Labute approximate surface area is 458 Å². The van der Waals surface area contributed by atoms with Crippen LogP contribution in [0.3, 0.4) is 0 Å². The Morgan fingerprint density at radius 1 is 0.295 bits per heavy atom. The lowest BCUT2D eigenvalue weighted by atomic mass is 9.82. The number of nitrogens with zero attached hydrogens (tertiary/aromatic N) is 2. The minimum absolute atomic E-state index is 0.102. The van der Waals surface area contributed by atoms with Crippen LogP contribution in [0.1, 0.15) is 49.9 Å². The number of fused-ring (bicyclic) bond motifs is 25. The van der Waals surface area contributed by atoms with Crippen molar-refractivity contribution in [3.8, 4) is 44.8 Å². The molecule has 18 rings (SSSR count). The Morgan fingerprint density at radius 2 is 0.833 bits per heavy atom. The molecule has 0 saturated heterocycles. The third-order valence-corrected chi connectivity index (χ3v) is 20.9. The molecule has 366 valence electrons. The van der Waals surface area contributed by atoms with E-state index in [0.29, 0.717) is 0 Å². The Bertz CT molecular complexity index is 5400. The Morgan fingerprint density at radius 3 is 1.58 bits per heavy atom. The SMILES string of the molecule is CC1(C)c2ccccc2-c2ccc(-n3c4ccc5c(-c6ccc7sc8c(c7c6)c6ccccc6c6c8c7ccccc7n6-c6ccc7c(c6)C(C)(C)c6ccccc6-7)cccc5c4c4ccc5c6ccccc6sc5c43)cc21. The summed E-state index contributed by atoms with van der Waals surface area (Å²) >= 11 is 3.86. The molecule has 0 aliphatic heterocycles. The summed E-state index contributed by atoms with van der Waals surface area (Å²) in [5.41, 5.74) is 20.6. The molecule has 0 radical (unpaired) electrons. The van der Waals surface area contributed by atoms with Gasteiger partial charge in [-0.15, -0.1) is 22.7 Å². The van der Waals surface area contributed by atoms with Crippen molar-refractivity contribution >= 4 is 128 Å². The van der Waals surface area contributed by atoms with Crippen molar-refractivity contribution in [1.29, 1.82) is 0 Å². The van der Waals surface area contributed by atoms with Gasteiger partial charge in [0.2, 0.25) is 0 Å². The van der Waals surface area contributed by atoms with Gasteiger partial charge in [0.1, 0.15) is 0 Å². The van der Waals surface area contributed by atoms with Crippen LogP contribution in [0.25, 0.3) is 150 Å². The molecule has 0 fully saturated rings. The summed E-state index contributed by atoms with van der Waals surface area (Å²) in [5, 5.41) is 15.6. The average molecular weight is 1030 g/mol. The van der Waals surface area contributed by atoms with Crippen LogP contribution >= 0.6 is 22.7 Å². The quantitative estimate of drug-likeness (QED) is 0.167. The fraction of sp³-hybridized carbons (Fsp3) is 0.0811. The molecule has 2 nitrogen and oxygen atoms in total. The van der Waals surface area contributed by atoms with Crippen LogP contribution in [-0.2, 0) is 10.8 Å². The Kier molecular flexibility index (Phi) is 8.34. The monoisotopic (exact) mass is 1030 g/mol. The minimum atomic E-state index is -0.116. The van der Waals surface area contributed by atoms with Crippen LogP contribution < -0.4 is 0 Å². The number of hydrogen-bond donors (Lipinski definition) is 0. The molecule has 0 N–H and O–H groups in total. The molecule has 4 heterocycles. The van der Waals surface area contributed by atoms with Crippen molar-refractivity contribution in [2.24, 2.45) is 0 Å². The molecular weight excluding hydrogens is 981 g/mol. The van der Waals surface area contributed by atoms with Gasteiger partial charge in [0.05, 0.1) is 26.8 Å². The van der Waals surface area contributed by atoms with Crippen molar-refractivity contribution in [1.82, 2.24) is 9.13 Å². The van der Waals surface area contributed by atoms with Gasteiger partial charge in [-0.3, -0.25) is 0 Å². The zero-order valence-electron chi connectivity index (χ0n) is 43.5. The number of benzene rings is 12. The first-order chi connectivity index (χ1) is 38.2. The molecule has 16 aromatic rings. The molecule has 0 spiro atoms. The zero-order chi connectivity index (χ0) is 51.5. The first kappa shape index (κ1) is 43.3. The lowest BCUT2D eigenvalue weighted by Gasteiger charge is -2.22. The van der Waals surface area contributed by atoms with E-state index in [1.165, 1.54) is 173 Å². The number of para-hydroxylation sites is 1. The van der Waals surface area contributed by atoms with Crippen LogP contribution in [0.5, 0.6) is 0 Å². The summed E-state index contributed by atoms with van der Waals surface area (Å²) in [4.78, 5) is 0. The van der Waals surface area contributed by atoms with Gasteiger partial charge in [-0.05, 0) is 126 Å². The van der Waals surface area contributed by atoms with E-state index in [9.17, 15) is 0 Å². The van der Waals surface area contributed by atoms with Gasteiger partial charge in [0.25, 0.3) is 0 Å². The van der Waals surface area contributed by atoms with Gasteiger partial charge in [-0.25, -0.2) is 0 Å². The molecule has 0 amide bonds. The van der Waals surface area contributed by atoms with Crippen molar-refractivity contribution in [3.63, 3.8) is 0 Å². The summed E-state index contributed by atoms with van der Waals surface area (Å²) in [5.74, 6) is 0. The minimum Gasteiger partial charge on any atom is -0.309 e. The maximum Gasteiger partial charge on any atom is 0.0719 e. The van der Waals surface area contributed by atoms with Gasteiger partial charge in [-0.2, -0.15) is 0 Å². The molecule has 78 heavy (non-hydrogen) atoms. The molecule has 2 aliphatic rings. The topological polar surface area (TPSA) is 9.86 Å². The Balaban J connectivity index is 0.863. The van der Waals surface area contributed by atoms with Gasteiger partial charge in [0, 0.05) is 84.8 Å². The molecular formula is C74H48N2S2. The second kappa shape index (κ2) is 15.0. The summed E-state index contributed by atoms with van der Waals surface area (Å²) in [6.07, 6.45) is 0. The van der Waals surface area contributed by atoms with E-state index in [-0.39, 0.29) is 10.8 Å². The lowest BCUT2D eigenvalue weighted by Crippen LogP contribution is -2.15. The number of hydrogen-bond acceptors (Lipinski definition) is 2. The second-order valence-corrected chi connectivity index (χ2v) is 25.2. The molecule has 0 unspecified atom stereocenters. The highest BCUT2D eigenvalue weighted by Crippen LogP contribution is 2.54. The second-order valence-electron chi connectivity index (χ2n) is 23.1. The van der Waals surface area contributed by atoms with E-state index in [1.807, 2.05) is 22.7 Å². The van der Waals surface area contributed by atoms with Crippen LogP contribution in [0.15, 0.2) is 218 Å². The fourth-order valence-electron chi connectivity index (χ4n) is 14.9. The van der Waals surface area contributed by atoms with Gasteiger partial charge < -0.3 is 9.13 Å². The third-order valence-electron chi connectivity index (χ3n) is 18.5. The maximum atomic E-state index is 2.59.